The van der Waals surface area contributed by atoms with Crippen LogP contribution in [0, 0.1) is 5.92 Å². The van der Waals surface area contributed by atoms with Gasteiger partial charge in [0.05, 0.1) is 25.0 Å². The first-order valence-electron chi connectivity index (χ1n) is 22.9. The molecule has 0 bridgehead atoms. The van der Waals surface area contributed by atoms with Crippen molar-refractivity contribution in [1.29, 1.82) is 0 Å². The average Bonchev–Trinajstić information content (AvgIpc) is 3.89. The van der Waals surface area contributed by atoms with Crippen LogP contribution in [-0.4, -0.2) is 199 Å². The topological polar surface area (TPSA) is 699 Å². The lowest BCUT2D eigenvalue weighted by atomic mass is 10.0. The number of aliphatic carboxylic acids is 11. The highest BCUT2D eigenvalue weighted by Gasteiger charge is 2.18. The maximum Gasteiger partial charge on any atom is 0.321 e. The summed E-state index contributed by atoms with van der Waals surface area (Å²) < 4.78 is 0. The van der Waals surface area contributed by atoms with Crippen LogP contribution >= 0.6 is 12.6 Å². The van der Waals surface area contributed by atoms with Crippen molar-refractivity contribution in [2.45, 2.75) is 127 Å². The molecule has 0 saturated carbocycles. The highest BCUT2D eigenvalue weighted by atomic mass is 32.1. The van der Waals surface area contributed by atoms with E-state index in [1.165, 1.54) is 13.3 Å². The fourth-order valence-corrected chi connectivity index (χ4v) is 3.71. The Labute approximate surface area is 459 Å². The van der Waals surface area contributed by atoms with Gasteiger partial charge < -0.3 is 118 Å². The van der Waals surface area contributed by atoms with Gasteiger partial charge in [-0.2, -0.15) is 12.6 Å². The number of unbranched alkanes of at least 4 members (excludes halogenated alkanes) is 1. The molecule has 2 rings (SSSR count). The summed E-state index contributed by atoms with van der Waals surface area (Å²) in [7, 11) is 0. The smallest absolute Gasteiger partial charge is 0.321 e. The second-order valence-corrected chi connectivity index (χ2v) is 16.0. The molecule has 0 amide bonds. The van der Waals surface area contributed by atoms with Crippen LogP contribution in [0.2, 0.25) is 0 Å². The van der Waals surface area contributed by atoms with E-state index in [9.17, 15) is 52.7 Å². The molecule has 0 aliphatic rings. The number of carboxylic acid groups (broad SMARTS) is 11. The third kappa shape index (κ3) is 64.8. The van der Waals surface area contributed by atoms with Crippen molar-refractivity contribution in [2.75, 3.05) is 18.8 Å². The standard InChI is InChI=1S/C9H11NO2.C6H9N3O2.C6H14N2O2.C6H13NO2.C5H9NO4.C4H7NO4.C3H7NO2S.C3H7NO2.C2H5NO2/c10-8(9(11)12)6-7-4-2-1-3-5-7;7-5(6(10)11)1-4-2-8-3-9-4;7-4-2-1-3-5(8)6(9)10;1-3-4(2)5(7)6(8)9;6-3(5(9)10)1-2-4(7)8;5-2(4(8)9)1-3(6)7;4-2(1-7)3(5)6;1-2(4)3(5)6;3-1-2(4)5/h1-5,8H,6,10H2,(H,11,12);2-3,5H,1,7H2,(H,8,9)(H,10,11);5H,1-4,7-8H2,(H,9,10);4-5H,3,7H2,1-2H3,(H,8,9);3H,1-2,6H2,(H,7,8)(H,9,10);2H,1,5H2,(H,6,7)(H,8,9);2,7H,1,4H2,(H,5,6);2H,4H2,1H3,(H,5,6);1,3H2,(H,4,5). The normalized spacial score (nSPS) is 12.9. The number of H-pyrrole nitrogens is 1. The van der Waals surface area contributed by atoms with Gasteiger partial charge in [-0.25, -0.2) is 4.98 Å². The van der Waals surface area contributed by atoms with Crippen molar-refractivity contribution in [3.05, 3.63) is 54.1 Å². The van der Waals surface area contributed by atoms with Crippen molar-refractivity contribution in [3.8, 4) is 0 Å². The predicted molar refractivity (Wildman–Crippen MR) is 285 cm³/mol. The summed E-state index contributed by atoms with van der Waals surface area (Å²) in [4.78, 5) is 116. The molecular weight excluding hydrogens is 1080 g/mol. The Bertz CT molecular complexity index is 2010. The van der Waals surface area contributed by atoms with Crippen molar-refractivity contribution >= 4 is 78.3 Å². The van der Waals surface area contributed by atoms with Crippen molar-refractivity contribution < 1.29 is 109 Å². The number of hydrogen-bond donors (Lipinski definition) is 23. The van der Waals surface area contributed by atoms with Crippen LogP contribution in [0.5, 0.6) is 0 Å². The van der Waals surface area contributed by atoms with Gasteiger partial charge in [0.1, 0.15) is 48.3 Å². The number of imidazole rings is 1. The first-order chi connectivity index (χ1) is 36.3. The van der Waals surface area contributed by atoms with E-state index in [0.29, 0.717) is 25.1 Å². The molecule has 0 aliphatic carbocycles. The number of aromatic amines is 1. The van der Waals surface area contributed by atoms with Crippen molar-refractivity contribution in [3.63, 3.8) is 0 Å². The molecule has 0 fully saturated rings. The second-order valence-electron chi connectivity index (χ2n) is 15.6. The summed E-state index contributed by atoms with van der Waals surface area (Å²) >= 11 is 3.65. The molecule has 1 aromatic heterocycles. The van der Waals surface area contributed by atoms with Crippen LogP contribution in [-0.2, 0) is 65.6 Å². The molecule has 0 spiro atoms. The van der Waals surface area contributed by atoms with E-state index in [4.69, 9.17) is 108 Å². The van der Waals surface area contributed by atoms with Gasteiger partial charge >= 0.3 is 65.7 Å². The molecule has 9 atom stereocenters. The third-order valence-corrected chi connectivity index (χ3v) is 8.91. The zero-order valence-corrected chi connectivity index (χ0v) is 44.7. The Morgan fingerprint density at radius 3 is 1.19 bits per heavy atom. The van der Waals surface area contributed by atoms with Gasteiger partial charge in [-0.3, -0.25) is 52.7 Å². The number of carboxylic acids is 11. The zero-order chi connectivity index (χ0) is 63.6. The minimum atomic E-state index is -1.29. The van der Waals surface area contributed by atoms with E-state index < -0.39 is 120 Å². The van der Waals surface area contributed by atoms with Crippen LogP contribution < -0.4 is 57.3 Å². The first kappa shape index (κ1) is 85.5. The van der Waals surface area contributed by atoms with Gasteiger partial charge in [-0.1, -0.05) is 57.0 Å². The number of nitrogens with two attached hydrogens (primary N) is 10. The Morgan fingerprint density at radius 1 is 0.532 bits per heavy atom. The van der Waals surface area contributed by atoms with Gasteiger partial charge in [-0.05, 0) is 50.6 Å². The predicted octanol–water partition coefficient (Wildman–Crippen LogP) is -4.11. The number of nitrogens with zero attached hydrogens (tertiary/aromatic N) is 1. The van der Waals surface area contributed by atoms with Crippen molar-refractivity contribution in [1.82, 2.24) is 9.97 Å². The lowest BCUT2D eigenvalue weighted by Gasteiger charge is -2.11. The fourth-order valence-electron chi connectivity index (χ4n) is 3.56. The number of aromatic nitrogens is 2. The summed E-state index contributed by atoms with van der Waals surface area (Å²) in [6, 6.07) is 2.37. The molecule has 0 saturated heterocycles. The van der Waals surface area contributed by atoms with E-state index in [-0.39, 0.29) is 37.5 Å². The molecule has 79 heavy (non-hydrogen) atoms. The zero-order valence-electron chi connectivity index (χ0n) is 43.8. The number of hydrogen-bond acceptors (Lipinski definition) is 23. The van der Waals surface area contributed by atoms with Crippen LogP contribution in [0.4, 0.5) is 0 Å². The molecular formula is C44H82N12O22S. The fraction of sp³-hybridized carbons (Fsp3) is 0.545. The molecule has 9 unspecified atom stereocenters. The maximum atomic E-state index is 10.4. The van der Waals surface area contributed by atoms with Gasteiger partial charge in [0.2, 0.25) is 0 Å². The molecule has 2 aromatic rings. The quantitative estimate of drug-likeness (QED) is 0.0332. The number of carbonyl (C=O) groups is 11. The van der Waals surface area contributed by atoms with Crippen LogP contribution in [0.3, 0.4) is 0 Å². The lowest BCUT2D eigenvalue weighted by molar-refractivity contribution is -0.144. The largest absolute Gasteiger partial charge is 0.481 e. The Balaban J connectivity index is -0.000000149. The van der Waals surface area contributed by atoms with E-state index in [1.807, 2.05) is 44.2 Å². The Kier molecular flexibility index (Phi) is 58.3. The van der Waals surface area contributed by atoms with Gasteiger partial charge in [0.15, 0.2) is 0 Å². The minimum Gasteiger partial charge on any atom is -0.481 e. The van der Waals surface area contributed by atoms with E-state index >= 15 is 0 Å². The van der Waals surface area contributed by atoms with E-state index in [2.05, 4.69) is 28.3 Å². The lowest BCUT2D eigenvalue weighted by Crippen LogP contribution is -2.36. The Morgan fingerprint density at radius 2 is 0.937 bits per heavy atom. The van der Waals surface area contributed by atoms with E-state index in [1.54, 1.807) is 6.20 Å². The molecule has 0 aliphatic heterocycles. The first-order valence-corrected chi connectivity index (χ1v) is 23.5. The van der Waals surface area contributed by atoms with Gasteiger partial charge in [0, 0.05) is 24.8 Å². The monoisotopic (exact) mass is 1160 g/mol. The summed E-state index contributed by atoms with van der Waals surface area (Å²) in [5, 5.41) is 89.4. The van der Waals surface area contributed by atoms with Crippen LogP contribution in [0.1, 0.15) is 77.0 Å². The highest BCUT2D eigenvalue weighted by molar-refractivity contribution is 7.80. The summed E-state index contributed by atoms with van der Waals surface area (Å²) in [5.74, 6) is -11.2. The maximum absolute atomic E-state index is 10.4. The number of rotatable bonds is 25. The Hall–Kier alpha value is -7.45. The number of benzene rings is 1. The highest BCUT2D eigenvalue weighted by Crippen LogP contribution is 2.04. The molecule has 1 aromatic carbocycles. The third-order valence-electron chi connectivity index (χ3n) is 8.52. The molecule has 35 heteroatoms. The number of nitrogens with one attached hydrogen (secondary N) is 1. The molecule has 34 nitrogen and oxygen atoms in total. The summed E-state index contributed by atoms with van der Waals surface area (Å²) in [6.07, 6.45) is 5.99. The van der Waals surface area contributed by atoms with Crippen LogP contribution in [0.15, 0.2) is 42.9 Å². The number of thiol groups is 1. The molecule has 32 N–H and O–H groups in total. The second kappa shape index (κ2) is 53.9. The summed E-state index contributed by atoms with van der Waals surface area (Å²) in [5.41, 5.74) is 52.1. The molecule has 456 valence electrons. The summed E-state index contributed by atoms with van der Waals surface area (Å²) in [6.45, 7) is 5.50. The van der Waals surface area contributed by atoms with Crippen molar-refractivity contribution in [2.24, 2.45) is 63.3 Å². The van der Waals surface area contributed by atoms with Gasteiger partial charge in [0.25, 0.3) is 0 Å². The molecule has 1 heterocycles. The SMILES string of the molecule is CC(N)C(=O)O.CCC(C)C(N)C(=O)O.NC(CC(=O)O)C(=O)O.NC(CCC(=O)O)C(=O)O.NC(CS)C(=O)O.NC(Cc1c[nH]cn1)C(=O)O.NC(Cc1ccccc1)C(=O)O.NCC(=O)O.NCCCCC(N)C(=O)O. The molecule has 0 radical (unpaired) electrons. The minimum absolute atomic E-state index is 0.0231. The average molecular weight is 1160 g/mol. The van der Waals surface area contributed by atoms with E-state index in [0.717, 1.165) is 24.8 Å². The van der Waals surface area contributed by atoms with Gasteiger partial charge in [-0.15, -0.1) is 0 Å². The van der Waals surface area contributed by atoms with Crippen LogP contribution in [0.25, 0.3) is 0 Å².